The molecule has 1 fully saturated rings. The highest BCUT2D eigenvalue weighted by Crippen LogP contribution is 2.47. The van der Waals surface area contributed by atoms with Gasteiger partial charge >= 0.3 is 0 Å². The summed E-state index contributed by atoms with van der Waals surface area (Å²) < 4.78 is 6.04. The summed E-state index contributed by atoms with van der Waals surface area (Å²) in [4.78, 5) is 0.583. The lowest BCUT2D eigenvalue weighted by atomic mass is 9.69. The van der Waals surface area contributed by atoms with E-state index in [0.29, 0.717) is 10.9 Å². The van der Waals surface area contributed by atoms with Crippen molar-refractivity contribution in [2.24, 2.45) is 5.41 Å². The van der Waals surface area contributed by atoms with E-state index >= 15 is 0 Å². The topological polar surface area (TPSA) is 9.23 Å². The SMILES string of the molecule is CCCc1ccc(OC2CC(Br)C2(C)C)cc1. The molecule has 2 unspecified atom stereocenters. The Labute approximate surface area is 113 Å². The fourth-order valence-electron chi connectivity index (χ4n) is 2.22. The van der Waals surface area contributed by atoms with Crippen molar-refractivity contribution in [1.29, 1.82) is 0 Å². The van der Waals surface area contributed by atoms with Gasteiger partial charge in [0.2, 0.25) is 0 Å². The van der Waals surface area contributed by atoms with Crippen LogP contribution in [0.4, 0.5) is 0 Å². The lowest BCUT2D eigenvalue weighted by Crippen LogP contribution is -2.53. The number of hydrogen-bond donors (Lipinski definition) is 0. The number of halogens is 1. The normalized spacial score (nSPS) is 26.4. The van der Waals surface area contributed by atoms with Crippen molar-refractivity contribution >= 4 is 15.9 Å². The zero-order valence-corrected chi connectivity index (χ0v) is 12.5. The molecule has 1 aliphatic rings. The second-order valence-electron chi connectivity index (χ2n) is 5.53. The van der Waals surface area contributed by atoms with Crippen LogP contribution in [0.3, 0.4) is 0 Å². The molecule has 1 aromatic rings. The lowest BCUT2D eigenvalue weighted by Gasteiger charge is -2.48. The largest absolute Gasteiger partial charge is 0.490 e. The van der Waals surface area contributed by atoms with Gasteiger partial charge in [-0.2, -0.15) is 0 Å². The monoisotopic (exact) mass is 296 g/mol. The molecular formula is C15H21BrO. The molecule has 0 amide bonds. The Morgan fingerprint density at radius 1 is 1.29 bits per heavy atom. The fraction of sp³-hybridized carbons (Fsp3) is 0.600. The van der Waals surface area contributed by atoms with Crippen LogP contribution in [-0.4, -0.2) is 10.9 Å². The molecule has 2 atom stereocenters. The summed E-state index contributed by atoms with van der Waals surface area (Å²) in [5.41, 5.74) is 1.63. The molecule has 0 aliphatic heterocycles. The quantitative estimate of drug-likeness (QED) is 0.739. The number of hydrogen-bond acceptors (Lipinski definition) is 1. The Balaban J connectivity index is 1.96. The Bertz CT molecular complexity index is 369. The van der Waals surface area contributed by atoms with E-state index in [2.05, 4.69) is 61.0 Å². The van der Waals surface area contributed by atoms with E-state index in [1.807, 2.05) is 0 Å². The molecule has 1 aliphatic carbocycles. The van der Waals surface area contributed by atoms with Crippen molar-refractivity contribution in [3.63, 3.8) is 0 Å². The van der Waals surface area contributed by atoms with Gasteiger partial charge < -0.3 is 4.74 Å². The van der Waals surface area contributed by atoms with Crippen molar-refractivity contribution in [2.75, 3.05) is 0 Å². The maximum Gasteiger partial charge on any atom is 0.119 e. The summed E-state index contributed by atoms with van der Waals surface area (Å²) in [6, 6.07) is 8.55. The van der Waals surface area contributed by atoms with Crippen molar-refractivity contribution in [1.82, 2.24) is 0 Å². The van der Waals surface area contributed by atoms with E-state index in [4.69, 9.17) is 4.74 Å². The van der Waals surface area contributed by atoms with Gasteiger partial charge in [0, 0.05) is 10.2 Å². The predicted molar refractivity (Wildman–Crippen MR) is 76.0 cm³/mol. The lowest BCUT2D eigenvalue weighted by molar-refractivity contribution is -0.00780. The molecule has 17 heavy (non-hydrogen) atoms. The van der Waals surface area contributed by atoms with Crippen molar-refractivity contribution in [2.45, 2.75) is 51.0 Å². The average Bonchev–Trinajstić information content (AvgIpc) is 2.31. The van der Waals surface area contributed by atoms with Crippen LogP contribution in [0.5, 0.6) is 5.75 Å². The second-order valence-corrected chi connectivity index (χ2v) is 6.63. The second kappa shape index (κ2) is 5.01. The highest BCUT2D eigenvalue weighted by molar-refractivity contribution is 9.09. The molecule has 0 heterocycles. The van der Waals surface area contributed by atoms with Gasteiger partial charge in [0.1, 0.15) is 11.9 Å². The third-order valence-corrected chi connectivity index (χ3v) is 5.35. The smallest absolute Gasteiger partial charge is 0.119 e. The van der Waals surface area contributed by atoms with Crippen LogP contribution in [0.25, 0.3) is 0 Å². The molecule has 2 heteroatoms. The Kier molecular flexibility index (Phi) is 3.82. The van der Waals surface area contributed by atoms with E-state index < -0.39 is 0 Å². The number of benzene rings is 1. The van der Waals surface area contributed by atoms with Gasteiger partial charge in [0.15, 0.2) is 0 Å². The molecule has 1 aromatic carbocycles. The van der Waals surface area contributed by atoms with E-state index in [-0.39, 0.29) is 5.41 Å². The van der Waals surface area contributed by atoms with Gasteiger partial charge in [-0.05, 0) is 30.5 Å². The molecule has 94 valence electrons. The number of rotatable bonds is 4. The first-order valence-corrected chi connectivity index (χ1v) is 7.35. The highest BCUT2D eigenvalue weighted by Gasteiger charge is 2.48. The molecule has 1 saturated carbocycles. The van der Waals surface area contributed by atoms with Crippen molar-refractivity contribution < 1.29 is 4.74 Å². The van der Waals surface area contributed by atoms with Crippen LogP contribution in [0.2, 0.25) is 0 Å². The highest BCUT2D eigenvalue weighted by atomic mass is 79.9. The maximum atomic E-state index is 6.04. The van der Waals surface area contributed by atoms with Gasteiger partial charge in [-0.3, -0.25) is 0 Å². The minimum absolute atomic E-state index is 0.238. The average molecular weight is 297 g/mol. The molecule has 2 rings (SSSR count). The minimum Gasteiger partial charge on any atom is -0.490 e. The first-order valence-electron chi connectivity index (χ1n) is 6.43. The summed E-state index contributed by atoms with van der Waals surface area (Å²) in [5.74, 6) is 1.00. The van der Waals surface area contributed by atoms with E-state index in [1.54, 1.807) is 0 Å². The standard InChI is InChI=1S/C15H21BrO/c1-4-5-11-6-8-12(9-7-11)17-14-10-13(16)15(14,2)3/h6-9,13-14H,4-5,10H2,1-3H3. The third kappa shape index (κ3) is 2.67. The van der Waals surface area contributed by atoms with Crippen LogP contribution in [0.15, 0.2) is 24.3 Å². The zero-order chi connectivity index (χ0) is 12.5. The molecule has 0 saturated heterocycles. The molecule has 0 radical (unpaired) electrons. The van der Waals surface area contributed by atoms with Crippen molar-refractivity contribution in [3.05, 3.63) is 29.8 Å². The van der Waals surface area contributed by atoms with Gasteiger partial charge in [-0.15, -0.1) is 0 Å². The van der Waals surface area contributed by atoms with Gasteiger partial charge in [0.05, 0.1) is 0 Å². The Hall–Kier alpha value is -0.500. The number of aryl methyl sites for hydroxylation is 1. The summed E-state index contributed by atoms with van der Waals surface area (Å²) in [7, 11) is 0. The van der Waals surface area contributed by atoms with Crippen LogP contribution >= 0.6 is 15.9 Å². The summed E-state index contributed by atoms with van der Waals surface area (Å²) in [6.45, 7) is 6.72. The Morgan fingerprint density at radius 3 is 2.41 bits per heavy atom. The molecule has 0 spiro atoms. The van der Waals surface area contributed by atoms with Gasteiger partial charge in [-0.25, -0.2) is 0 Å². The minimum atomic E-state index is 0.238. The van der Waals surface area contributed by atoms with Crippen molar-refractivity contribution in [3.8, 4) is 5.75 Å². The van der Waals surface area contributed by atoms with Gasteiger partial charge in [-0.1, -0.05) is 55.3 Å². The van der Waals surface area contributed by atoms with E-state index in [9.17, 15) is 0 Å². The summed E-state index contributed by atoms with van der Waals surface area (Å²) in [6.07, 6.45) is 3.78. The van der Waals surface area contributed by atoms with Crippen LogP contribution < -0.4 is 4.74 Å². The van der Waals surface area contributed by atoms with Crippen LogP contribution in [0.1, 0.15) is 39.2 Å². The van der Waals surface area contributed by atoms with Crippen LogP contribution in [0, 0.1) is 5.41 Å². The first kappa shape index (κ1) is 12.9. The molecule has 0 N–H and O–H groups in total. The molecule has 0 aromatic heterocycles. The maximum absolute atomic E-state index is 6.04. The third-order valence-electron chi connectivity index (χ3n) is 3.80. The predicted octanol–water partition coefficient (Wildman–Crippen LogP) is 4.58. The Morgan fingerprint density at radius 2 is 1.94 bits per heavy atom. The molecular weight excluding hydrogens is 276 g/mol. The van der Waals surface area contributed by atoms with E-state index in [1.165, 1.54) is 12.0 Å². The first-order chi connectivity index (χ1) is 8.04. The zero-order valence-electron chi connectivity index (χ0n) is 10.9. The number of alkyl halides is 1. The van der Waals surface area contributed by atoms with Gasteiger partial charge in [0.25, 0.3) is 0 Å². The summed E-state index contributed by atoms with van der Waals surface area (Å²) in [5, 5.41) is 0. The summed E-state index contributed by atoms with van der Waals surface area (Å²) >= 11 is 3.69. The molecule has 0 bridgehead atoms. The molecule has 1 nitrogen and oxygen atoms in total. The van der Waals surface area contributed by atoms with Crippen LogP contribution in [-0.2, 0) is 6.42 Å². The fourth-order valence-corrected chi connectivity index (χ4v) is 2.86. The number of ether oxygens (including phenoxy) is 1. The van der Waals surface area contributed by atoms with E-state index in [0.717, 1.165) is 18.6 Å².